The molecule has 0 unspecified atom stereocenters. The van der Waals surface area contributed by atoms with Crippen LogP contribution in [-0.4, -0.2) is 28.7 Å². The highest BCUT2D eigenvalue weighted by atomic mass is 16.3. The maximum absolute atomic E-state index is 6.39. The first-order chi connectivity index (χ1) is 31.8. The molecule has 0 spiro atoms. The Kier molecular flexibility index (Phi) is 7.27. The Morgan fingerprint density at radius 1 is 0.328 bits per heavy atom. The molecule has 0 aliphatic heterocycles. The fourth-order valence-electron chi connectivity index (χ4n) is 10.2. The van der Waals surface area contributed by atoms with Gasteiger partial charge in [-0.1, -0.05) is 146 Å². The molecule has 0 saturated heterocycles. The Morgan fingerprint density at radius 3 is 1.53 bits per heavy atom. The molecular formula is C57H34N6O. The molecule has 64 heavy (non-hydrogen) atoms. The predicted molar refractivity (Wildman–Crippen MR) is 261 cm³/mol. The lowest BCUT2D eigenvalue weighted by molar-refractivity contribution is 0.669. The Bertz CT molecular complexity index is 4140. The van der Waals surface area contributed by atoms with Gasteiger partial charge in [0.1, 0.15) is 11.2 Å². The van der Waals surface area contributed by atoms with E-state index in [1.165, 1.54) is 10.8 Å². The number of para-hydroxylation sites is 6. The van der Waals surface area contributed by atoms with Crippen LogP contribution in [0.4, 0.5) is 0 Å². The molecule has 0 aliphatic rings. The molecule has 9 aromatic carbocycles. The van der Waals surface area contributed by atoms with Crippen LogP contribution in [0, 0.1) is 0 Å². The predicted octanol–water partition coefficient (Wildman–Crippen LogP) is 14.4. The standard InChI is InChI=1S/C57H34N6O/c1-3-17-35(18-4-1)55-58-56(36-31-32-41-40-23-11-16-30-50(40)64-51(41)33-36)60-57(59-55)63-47-29-15-9-24-42(47)52-48(63)34-49(62-44-26-12-7-21-38(44)39-22-8-13-27-45(39)62)54-53(52)43-25-10-14-28-46(43)61(54)37-19-5-2-6-20-37/h1-34H. The third-order valence-corrected chi connectivity index (χ3v) is 12.9. The summed E-state index contributed by atoms with van der Waals surface area (Å²) in [6.45, 7) is 0. The number of furan rings is 1. The number of aromatic nitrogens is 6. The van der Waals surface area contributed by atoms with Crippen LogP contribution in [0.5, 0.6) is 0 Å². The molecule has 0 fully saturated rings. The molecule has 0 radical (unpaired) electrons. The van der Waals surface area contributed by atoms with E-state index < -0.39 is 0 Å². The molecule has 14 rings (SSSR count). The maximum Gasteiger partial charge on any atom is 0.238 e. The van der Waals surface area contributed by atoms with Gasteiger partial charge in [-0.05, 0) is 60.7 Å². The van der Waals surface area contributed by atoms with Crippen LogP contribution < -0.4 is 0 Å². The minimum Gasteiger partial charge on any atom is -0.456 e. The van der Waals surface area contributed by atoms with E-state index in [2.05, 4.69) is 184 Å². The van der Waals surface area contributed by atoms with Crippen molar-refractivity contribution in [3.63, 3.8) is 0 Å². The van der Waals surface area contributed by atoms with E-state index in [1.807, 2.05) is 36.4 Å². The van der Waals surface area contributed by atoms with Gasteiger partial charge in [0.05, 0.1) is 38.8 Å². The van der Waals surface area contributed by atoms with Crippen LogP contribution in [0.25, 0.3) is 127 Å². The van der Waals surface area contributed by atoms with Crippen molar-refractivity contribution >= 4 is 87.4 Å². The summed E-state index contributed by atoms with van der Waals surface area (Å²) in [5.74, 6) is 1.67. The van der Waals surface area contributed by atoms with Crippen molar-refractivity contribution in [1.82, 2.24) is 28.7 Å². The van der Waals surface area contributed by atoms with Gasteiger partial charge < -0.3 is 13.6 Å². The Labute approximate surface area is 365 Å². The van der Waals surface area contributed by atoms with Gasteiger partial charge in [0, 0.05) is 59.9 Å². The minimum absolute atomic E-state index is 0.527. The topological polar surface area (TPSA) is 66.6 Å². The molecule has 14 aromatic rings. The summed E-state index contributed by atoms with van der Waals surface area (Å²) in [5, 5.41) is 9.10. The number of fused-ring (bicyclic) bond motifs is 13. The molecular weight excluding hydrogens is 785 g/mol. The van der Waals surface area contributed by atoms with E-state index in [0.29, 0.717) is 17.6 Å². The van der Waals surface area contributed by atoms with Crippen molar-refractivity contribution in [1.29, 1.82) is 0 Å². The van der Waals surface area contributed by atoms with E-state index in [4.69, 9.17) is 19.4 Å². The lowest BCUT2D eigenvalue weighted by Gasteiger charge is -2.16. The van der Waals surface area contributed by atoms with Crippen LogP contribution in [-0.2, 0) is 0 Å². The summed E-state index contributed by atoms with van der Waals surface area (Å²) in [6, 6.07) is 72.6. The highest BCUT2D eigenvalue weighted by Gasteiger charge is 2.27. The van der Waals surface area contributed by atoms with Gasteiger partial charge in [-0.25, -0.2) is 4.98 Å². The third kappa shape index (κ3) is 4.94. The molecule has 0 bridgehead atoms. The van der Waals surface area contributed by atoms with Crippen molar-refractivity contribution in [3.05, 3.63) is 206 Å². The van der Waals surface area contributed by atoms with E-state index >= 15 is 0 Å². The molecule has 298 valence electrons. The average Bonchev–Trinajstić information content (AvgIpc) is 4.10. The summed E-state index contributed by atoms with van der Waals surface area (Å²) >= 11 is 0. The Hall–Kier alpha value is -8.81. The van der Waals surface area contributed by atoms with Crippen molar-refractivity contribution in [2.24, 2.45) is 0 Å². The SMILES string of the molecule is c1ccc(-c2nc(-c3ccc4c(c3)oc3ccccc34)nc(-n3c4ccccc4c4c5c6ccccc6n(-c6ccccc6)c5c(-n5c6ccccc6c6ccccc65)cc43)n2)cc1. The number of hydrogen-bond acceptors (Lipinski definition) is 4. The zero-order valence-electron chi connectivity index (χ0n) is 34.2. The largest absolute Gasteiger partial charge is 0.456 e. The highest BCUT2D eigenvalue weighted by molar-refractivity contribution is 6.31. The van der Waals surface area contributed by atoms with E-state index in [0.717, 1.165) is 99.1 Å². The minimum atomic E-state index is 0.527. The normalized spacial score (nSPS) is 12.1. The fourth-order valence-corrected chi connectivity index (χ4v) is 10.2. The molecule has 0 amide bonds. The van der Waals surface area contributed by atoms with Gasteiger partial charge in [-0.3, -0.25) is 4.57 Å². The number of nitrogens with zero attached hydrogens (tertiary/aromatic N) is 6. The van der Waals surface area contributed by atoms with E-state index in [9.17, 15) is 0 Å². The molecule has 0 N–H and O–H groups in total. The molecule has 0 aliphatic carbocycles. The molecule has 7 nitrogen and oxygen atoms in total. The fraction of sp³-hybridized carbons (Fsp3) is 0. The lowest BCUT2D eigenvalue weighted by Crippen LogP contribution is -2.07. The van der Waals surface area contributed by atoms with Crippen molar-refractivity contribution in [2.75, 3.05) is 0 Å². The summed E-state index contributed by atoms with van der Waals surface area (Å²) in [4.78, 5) is 15.9. The second kappa shape index (κ2) is 13.3. The van der Waals surface area contributed by atoms with Crippen LogP contribution in [0.3, 0.4) is 0 Å². The molecule has 0 saturated carbocycles. The molecule has 0 atom stereocenters. The molecule has 5 heterocycles. The van der Waals surface area contributed by atoms with Gasteiger partial charge in [0.15, 0.2) is 11.6 Å². The molecule has 5 aromatic heterocycles. The van der Waals surface area contributed by atoms with Gasteiger partial charge in [0.25, 0.3) is 0 Å². The van der Waals surface area contributed by atoms with Gasteiger partial charge >= 0.3 is 0 Å². The quantitative estimate of drug-likeness (QED) is 0.173. The first-order valence-corrected chi connectivity index (χ1v) is 21.5. The number of benzene rings is 9. The van der Waals surface area contributed by atoms with Crippen LogP contribution in [0.2, 0.25) is 0 Å². The summed E-state index contributed by atoms with van der Waals surface area (Å²) < 4.78 is 13.5. The van der Waals surface area contributed by atoms with E-state index in [1.54, 1.807) is 0 Å². The van der Waals surface area contributed by atoms with Crippen molar-refractivity contribution < 1.29 is 4.42 Å². The van der Waals surface area contributed by atoms with Gasteiger partial charge in [-0.15, -0.1) is 0 Å². The molecule has 7 heteroatoms. The lowest BCUT2D eigenvalue weighted by atomic mass is 10.0. The van der Waals surface area contributed by atoms with Crippen LogP contribution in [0.1, 0.15) is 0 Å². The highest BCUT2D eigenvalue weighted by Crippen LogP contribution is 2.46. The maximum atomic E-state index is 6.39. The Morgan fingerprint density at radius 2 is 0.844 bits per heavy atom. The second-order valence-electron chi connectivity index (χ2n) is 16.4. The summed E-state index contributed by atoms with van der Waals surface area (Å²) in [7, 11) is 0. The summed E-state index contributed by atoms with van der Waals surface area (Å²) in [6.07, 6.45) is 0. The van der Waals surface area contributed by atoms with Crippen LogP contribution >= 0.6 is 0 Å². The second-order valence-corrected chi connectivity index (χ2v) is 16.4. The van der Waals surface area contributed by atoms with Crippen LogP contribution in [0.15, 0.2) is 211 Å². The van der Waals surface area contributed by atoms with Gasteiger partial charge in [0.2, 0.25) is 5.95 Å². The summed E-state index contributed by atoms with van der Waals surface area (Å²) in [5.41, 5.74) is 12.0. The first kappa shape index (κ1) is 34.9. The zero-order valence-corrected chi connectivity index (χ0v) is 34.2. The first-order valence-electron chi connectivity index (χ1n) is 21.5. The monoisotopic (exact) mass is 818 g/mol. The third-order valence-electron chi connectivity index (χ3n) is 12.9. The number of hydrogen-bond donors (Lipinski definition) is 0. The average molecular weight is 819 g/mol. The van der Waals surface area contributed by atoms with E-state index in [-0.39, 0.29) is 0 Å². The Balaban J connectivity index is 1.16. The van der Waals surface area contributed by atoms with Gasteiger partial charge in [-0.2, -0.15) is 9.97 Å². The van der Waals surface area contributed by atoms with Crippen molar-refractivity contribution in [3.8, 4) is 40.1 Å². The zero-order chi connectivity index (χ0) is 41.9. The number of rotatable bonds is 5. The smallest absolute Gasteiger partial charge is 0.238 e. The van der Waals surface area contributed by atoms with Crippen molar-refractivity contribution in [2.45, 2.75) is 0 Å².